The second-order valence-electron chi connectivity index (χ2n) is 17.3. The quantitative estimate of drug-likeness (QED) is 0.0227. The number of unbranched alkanes of at least 4 members (excludes halogenated alkanes) is 12. The number of hydrogen-bond acceptors (Lipinski definition) is 4. The third kappa shape index (κ3) is 8.60. The highest BCUT2D eigenvalue weighted by Crippen LogP contribution is 2.50. The van der Waals surface area contributed by atoms with Crippen molar-refractivity contribution in [2.24, 2.45) is 0 Å². The fourth-order valence-corrected chi connectivity index (χ4v) is 13.4. The molecule has 2 heterocycles. The number of benzene rings is 5. The highest BCUT2D eigenvalue weighted by molar-refractivity contribution is 14.1. The van der Waals surface area contributed by atoms with Gasteiger partial charge in [-0.05, 0) is 173 Å². The number of hydrogen-bond donors (Lipinski definition) is 0. The van der Waals surface area contributed by atoms with E-state index in [9.17, 15) is 19.2 Å². The lowest BCUT2D eigenvalue weighted by Gasteiger charge is -2.36. The van der Waals surface area contributed by atoms with Crippen molar-refractivity contribution in [1.82, 2.24) is 9.80 Å². The normalized spacial score (nSPS) is 14.4. The smallest absolute Gasteiger partial charge is 0.262 e. The molecule has 0 spiro atoms. The van der Waals surface area contributed by atoms with Crippen molar-refractivity contribution < 1.29 is 19.2 Å². The second-order valence-corrected chi connectivity index (χ2v) is 21.9. The van der Waals surface area contributed by atoms with Crippen molar-refractivity contribution in [1.29, 1.82) is 0 Å². The molecule has 0 aromatic heterocycles. The zero-order chi connectivity index (χ0) is 42.8. The SMILES string of the molecule is CCCCCCC(CCCCCC)N1C(=O)c2c(I)cc3c4cc(I)c5c6c(c(I)cc(c7cc(I)c(c2c37)C1=O)c64)C(=O)N(C(CCCCCC)CCCCCC)C5=O. The highest BCUT2D eigenvalue weighted by atomic mass is 127. The lowest BCUT2D eigenvalue weighted by molar-refractivity contribution is 0.0500. The van der Waals surface area contributed by atoms with Gasteiger partial charge in [-0.3, -0.25) is 29.0 Å². The lowest BCUT2D eigenvalue weighted by Crippen LogP contribution is -2.48. The van der Waals surface area contributed by atoms with E-state index in [-0.39, 0.29) is 35.7 Å². The van der Waals surface area contributed by atoms with Crippen LogP contribution in [0.5, 0.6) is 0 Å². The molecule has 0 saturated heterocycles. The first kappa shape index (κ1) is 46.6. The largest absolute Gasteiger partial charge is 0.271 e. The van der Waals surface area contributed by atoms with Crippen molar-refractivity contribution in [3.8, 4) is 0 Å². The van der Waals surface area contributed by atoms with E-state index in [4.69, 9.17) is 0 Å². The van der Waals surface area contributed by atoms with E-state index in [1.165, 1.54) is 0 Å². The predicted molar refractivity (Wildman–Crippen MR) is 282 cm³/mol. The maximum Gasteiger partial charge on any atom is 0.262 e. The van der Waals surface area contributed by atoms with Gasteiger partial charge in [0.25, 0.3) is 23.6 Å². The van der Waals surface area contributed by atoms with Gasteiger partial charge in [0, 0.05) is 37.1 Å². The van der Waals surface area contributed by atoms with Gasteiger partial charge < -0.3 is 0 Å². The fraction of sp³-hybridized carbons (Fsp3) is 0.520. The average molecular weight is 1260 g/mol. The summed E-state index contributed by atoms with van der Waals surface area (Å²) >= 11 is 9.25. The average Bonchev–Trinajstić information content (AvgIpc) is 3.21. The zero-order valence-electron chi connectivity index (χ0n) is 35.6. The van der Waals surface area contributed by atoms with E-state index >= 15 is 0 Å². The molecule has 0 aliphatic carbocycles. The molecular weight excluding hydrogens is 1200 g/mol. The zero-order valence-corrected chi connectivity index (χ0v) is 44.3. The van der Waals surface area contributed by atoms with Crippen molar-refractivity contribution in [2.45, 2.75) is 168 Å². The minimum Gasteiger partial charge on any atom is -0.271 e. The topological polar surface area (TPSA) is 74.8 Å². The molecule has 5 aromatic rings. The van der Waals surface area contributed by atoms with Gasteiger partial charge in [-0.15, -0.1) is 0 Å². The Bertz CT molecular complexity index is 2140. The molecular formula is C50H58I4N2O4. The summed E-state index contributed by atoms with van der Waals surface area (Å²) in [5.41, 5.74) is 2.50. The van der Waals surface area contributed by atoms with Crippen LogP contribution in [0.3, 0.4) is 0 Å². The molecule has 6 nitrogen and oxygen atoms in total. The summed E-state index contributed by atoms with van der Waals surface area (Å²) in [7, 11) is 0. The van der Waals surface area contributed by atoms with Crippen LogP contribution < -0.4 is 0 Å². The van der Waals surface area contributed by atoms with Crippen LogP contribution in [0.1, 0.15) is 198 Å². The van der Waals surface area contributed by atoms with Crippen LogP contribution in [0.25, 0.3) is 43.1 Å². The van der Waals surface area contributed by atoms with Gasteiger partial charge in [0.15, 0.2) is 0 Å². The van der Waals surface area contributed by atoms with Gasteiger partial charge in [-0.2, -0.15) is 0 Å². The van der Waals surface area contributed by atoms with Crippen LogP contribution >= 0.6 is 90.4 Å². The Hall–Kier alpha value is -1.40. The summed E-state index contributed by atoms with van der Waals surface area (Å²) < 4.78 is 3.29. The lowest BCUT2D eigenvalue weighted by atomic mass is 9.81. The molecule has 0 radical (unpaired) electrons. The number of carbonyl (C=O) groups is 4. The maximum absolute atomic E-state index is 14.9. The van der Waals surface area contributed by atoms with E-state index in [1.54, 1.807) is 9.80 Å². The van der Waals surface area contributed by atoms with E-state index in [1.807, 2.05) is 0 Å². The summed E-state index contributed by atoms with van der Waals surface area (Å²) in [6.07, 6.45) is 20.9. The summed E-state index contributed by atoms with van der Waals surface area (Å²) in [6, 6.07) is 8.22. The standard InChI is InChI=1S/C50H58I4N2O4/c1-5-9-13-17-21-29(22-18-14-10-6-2)55-47(57)41-35(51)25-31-33-27-37(53)43-46-40(33)34(32-26-36(52)42(48(55)58)45(41)39(31)32)28-38(54)44(46)50(60)56(49(43)59)30(23-19-15-11-7-3)24-20-16-12-8-4/h25-30H,5-24H2,1-4H3. The van der Waals surface area contributed by atoms with E-state index < -0.39 is 0 Å². The maximum atomic E-state index is 14.9. The minimum absolute atomic E-state index is 0.136. The number of rotatable bonds is 22. The molecule has 5 aromatic carbocycles. The first-order valence-corrected chi connectivity index (χ1v) is 27.1. The molecule has 0 fully saturated rings. The third-order valence-electron chi connectivity index (χ3n) is 13.2. The van der Waals surface area contributed by atoms with Crippen LogP contribution in [0.2, 0.25) is 0 Å². The second kappa shape index (κ2) is 20.6. The molecule has 0 bridgehead atoms. The number of amides is 4. The molecule has 0 N–H and O–H groups in total. The van der Waals surface area contributed by atoms with Crippen LogP contribution in [-0.2, 0) is 0 Å². The Labute approximate surface area is 410 Å². The first-order chi connectivity index (χ1) is 29.0. The Morgan fingerprint density at radius 1 is 0.367 bits per heavy atom. The Morgan fingerprint density at radius 2 is 0.600 bits per heavy atom. The molecule has 0 unspecified atom stereocenters. The van der Waals surface area contributed by atoms with Gasteiger partial charge in [0.1, 0.15) is 0 Å². The molecule has 7 rings (SSSR count). The van der Waals surface area contributed by atoms with Gasteiger partial charge in [-0.1, -0.05) is 130 Å². The molecule has 0 atom stereocenters. The molecule has 0 saturated carbocycles. The van der Waals surface area contributed by atoms with E-state index in [2.05, 4.69) is 142 Å². The molecule has 2 aliphatic heterocycles. The Kier molecular flexibility index (Phi) is 16.0. The summed E-state index contributed by atoms with van der Waals surface area (Å²) in [4.78, 5) is 63.1. The van der Waals surface area contributed by atoms with E-state index in [0.717, 1.165) is 186 Å². The molecule has 2 aliphatic rings. The number of imide groups is 2. The van der Waals surface area contributed by atoms with Gasteiger partial charge >= 0.3 is 0 Å². The predicted octanol–water partition coefficient (Wildman–Crippen LogP) is 16.0. The van der Waals surface area contributed by atoms with E-state index in [0.29, 0.717) is 22.3 Å². The van der Waals surface area contributed by atoms with Crippen molar-refractivity contribution in [3.63, 3.8) is 0 Å². The van der Waals surface area contributed by atoms with Crippen LogP contribution in [0.4, 0.5) is 0 Å². The van der Waals surface area contributed by atoms with Crippen LogP contribution in [0.15, 0.2) is 24.3 Å². The molecule has 60 heavy (non-hydrogen) atoms. The molecule has 4 amide bonds. The van der Waals surface area contributed by atoms with Crippen LogP contribution in [0, 0.1) is 14.3 Å². The number of nitrogens with zero attached hydrogens (tertiary/aromatic N) is 2. The Balaban J connectivity index is 1.40. The van der Waals surface area contributed by atoms with Crippen molar-refractivity contribution >= 4 is 157 Å². The monoisotopic (exact) mass is 1260 g/mol. The highest BCUT2D eigenvalue weighted by Gasteiger charge is 2.43. The fourth-order valence-electron chi connectivity index (χ4n) is 10.2. The molecule has 320 valence electrons. The minimum atomic E-state index is -0.178. The Morgan fingerprint density at radius 3 is 0.817 bits per heavy atom. The van der Waals surface area contributed by atoms with Gasteiger partial charge in [0.2, 0.25) is 0 Å². The van der Waals surface area contributed by atoms with Gasteiger partial charge in [0.05, 0.1) is 22.3 Å². The first-order valence-electron chi connectivity index (χ1n) is 22.8. The number of carbonyl (C=O) groups excluding carboxylic acids is 4. The number of fused-ring (bicyclic) bond motifs is 2. The third-order valence-corrected chi connectivity index (χ3v) is 16.6. The van der Waals surface area contributed by atoms with Crippen LogP contribution in [-0.4, -0.2) is 45.5 Å². The summed E-state index contributed by atoms with van der Waals surface area (Å²) in [5, 5.41) is 7.13. The van der Waals surface area contributed by atoms with Crippen molar-refractivity contribution in [3.05, 3.63) is 60.8 Å². The number of halogens is 4. The summed E-state index contributed by atoms with van der Waals surface area (Å²) in [5.74, 6) is -0.712. The van der Waals surface area contributed by atoms with Crippen molar-refractivity contribution in [2.75, 3.05) is 0 Å². The summed E-state index contributed by atoms with van der Waals surface area (Å²) in [6.45, 7) is 8.84. The van der Waals surface area contributed by atoms with Gasteiger partial charge in [-0.25, -0.2) is 0 Å². The molecule has 10 heteroatoms.